The van der Waals surface area contributed by atoms with Gasteiger partial charge in [0.25, 0.3) is 5.56 Å². The second kappa shape index (κ2) is 9.58. The Labute approximate surface area is 210 Å². The van der Waals surface area contributed by atoms with Gasteiger partial charge < -0.3 is 10.5 Å². The maximum atomic E-state index is 13.9. The molecule has 36 heavy (non-hydrogen) atoms. The van der Waals surface area contributed by atoms with Gasteiger partial charge in [-0.1, -0.05) is 48.0 Å². The molecular weight excluding hydrogens is 506 g/mol. The summed E-state index contributed by atoms with van der Waals surface area (Å²) in [6.07, 6.45) is 0. The highest BCUT2D eigenvalue weighted by atomic mass is 35.5. The lowest BCUT2D eigenvalue weighted by Crippen LogP contribution is -2.40. The summed E-state index contributed by atoms with van der Waals surface area (Å²) in [4.78, 5) is 30.8. The summed E-state index contributed by atoms with van der Waals surface area (Å²) in [6, 6.07) is 15.0. The van der Waals surface area contributed by atoms with Gasteiger partial charge in [0.15, 0.2) is 15.5 Å². The molecule has 0 saturated carbocycles. The van der Waals surface area contributed by atoms with Crippen LogP contribution in [0.4, 0.5) is 0 Å². The molecule has 4 rings (SSSR count). The number of rotatable bonds is 6. The van der Waals surface area contributed by atoms with Gasteiger partial charge in [-0.2, -0.15) is 10.2 Å². The third kappa shape index (κ3) is 4.15. The fourth-order valence-electron chi connectivity index (χ4n) is 3.97. The molecular formula is C24H20ClN5O5S. The summed E-state index contributed by atoms with van der Waals surface area (Å²) in [5.41, 5.74) is 4.66. The molecule has 0 radical (unpaired) electrons. The van der Waals surface area contributed by atoms with Gasteiger partial charge in [-0.15, -0.1) is 0 Å². The highest BCUT2D eigenvalue weighted by Crippen LogP contribution is 2.39. The number of sulfone groups is 1. The van der Waals surface area contributed by atoms with Gasteiger partial charge in [-0.25, -0.2) is 13.2 Å². The molecule has 0 aliphatic carbocycles. The number of nitrogens with zero attached hydrogens (tertiary/aromatic N) is 4. The molecule has 2 aromatic carbocycles. The standard InChI is InChI=1S/C24H20ClN5O5S/c1-29-21-19(23(31)30(24(29)32)12-14-6-4-3-5-7-14)18(17-9-8-16(25)10-15(17)11-26)20(22(28-21)35-2)36(33,34)13-27/h3-10H,12-13,27H2,1-2H3. The van der Waals surface area contributed by atoms with E-state index in [4.69, 9.17) is 22.1 Å². The SMILES string of the molecule is COc1nc2c(c(-c3ccc(Cl)cc3C#N)c1S(=O)(=O)CN)c(=O)n(Cc1ccccc1)c(=O)n2C. The molecule has 0 aliphatic heterocycles. The second-order valence-electron chi connectivity index (χ2n) is 7.83. The summed E-state index contributed by atoms with van der Waals surface area (Å²) < 4.78 is 33.8. The predicted molar refractivity (Wildman–Crippen MR) is 135 cm³/mol. The normalized spacial score (nSPS) is 11.4. The largest absolute Gasteiger partial charge is 0.480 e. The number of fused-ring (bicyclic) bond motifs is 1. The van der Waals surface area contributed by atoms with Crippen molar-refractivity contribution in [1.29, 1.82) is 5.26 Å². The van der Waals surface area contributed by atoms with Crippen LogP contribution in [0.5, 0.6) is 5.88 Å². The van der Waals surface area contributed by atoms with Crippen molar-refractivity contribution in [2.75, 3.05) is 13.0 Å². The van der Waals surface area contributed by atoms with Crippen LogP contribution in [0.3, 0.4) is 0 Å². The zero-order valence-corrected chi connectivity index (χ0v) is 20.8. The van der Waals surface area contributed by atoms with Crippen LogP contribution in [0.25, 0.3) is 22.2 Å². The molecule has 0 fully saturated rings. The van der Waals surface area contributed by atoms with E-state index in [0.29, 0.717) is 5.56 Å². The van der Waals surface area contributed by atoms with E-state index in [1.807, 2.05) is 6.07 Å². The van der Waals surface area contributed by atoms with Gasteiger partial charge in [0.1, 0.15) is 10.8 Å². The average Bonchev–Trinajstić information content (AvgIpc) is 2.89. The highest BCUT2D eigenvalue weighted by Gasteiger charge is 2.31. The average molecular weight is 526 g/mol. The number of hydrogen-bond donors (Lipinski definition) is 1. The Kier molecular flexibility index (Phi) is 6.69. The van der Waals surface area contributed by atoms with Crippen LogP contribution in [-0.2, 0) is 23.4 Å². The van der Waals surface area contributed by atoms with Gasteiger partial charge in [0, 0.05) is 23.2 Å². The molecule has 2 N–H and O–H groups in total. The molecule has 184 valence electrons. The first-order chi connectivity index (χ1) is 17.1. The van der Waals surface area contributed by atoms with Crippen molar-refractivity contribution >= 4 is 32.5 Å². The third-order valence-electron chi connectivity index (χ3n) is 5.68. The van der Waals surface area contributed by atoms with E-state index in [1.54, 1.807) is 30.3 Å². The number of aryl methyl sites for hydroxylation is 1. The van der Waals surface area contributed by atoms with Crippen LogP contribution in [0.2, 0.25) is 5.02 Å². The first kappa shape index (κ1) is 25.1. The molecule has 2 heterocycles. The summed E-state index contributed by atoms with van der Waals surface area (Å²) in [7, 11) is -1.63. The number of nitriles is 1. The molecule has 10 nitrogen and oxygen atoms in total. The Morgan fingerprint density at radius 3 is 2.47 bits per heavy atom. The molecule has 4 aromatic rings. The fraction of sp³-hybridized carbons (Fsp3) is 0.167. The van der Waals surface area contributed by atoms with E-state index in [0.717, 1.165) is 9.13 Å². The van der Waals surface area contributed by atoms with Gasteiger partial charge >= 0.3 is 5.69 Å². The Hall–Kier alpha value is -3.98. The van der Waals surface area contributed by atoms with E-state index in [2.05, 4.69) is 4.98 Å². The molecule has 0 aliphatic rings. The summed E-state index contributed by atoms with van der Waals surface area (Å²) >= 11 is 6.07. The van der Waals surface area contributed by atoms with E-state index < -0.39 is 31.9 Å². The molecule has 0 bridgehead atoms. The number of nitrogens with two attached hydrogens (primary N) is 1. The van der Waals surface area contributed by atoms with E-state index >= 15 is 0 Å². The van der Waals surface area contributed by atoms with Gasteiger partial charge in [0.05, 0.1) is 30.7 Å². The Morgan fingerprint density at radius 2 is 1.86 bits per heavy atom. The summed E-state index contributed by atoms with van der Waals surface area (Å²) in [6.45, 7) is -0.0710. The molecule has 0 amide bonds. The minimum Gasteiger partial charge on any atom is -0.480 e. The molecule has 0 saturated heterocycles. The zero-order chi connectivity index (χ0) is 26.2. The number of hydrogen-bond acceptors (Lipinski definition) is 8. The molecule has 0 atom stereocenters. The Bertz CT molecular complexity index is 1770. The minimum atomic E-state index is -4.25. The van der Waals surface area contributed by atoms with Crippen molar-refractivity contribution in [3.8, 4) is 23.1 Å². The summed E-state index contributed by atoms with van der Waals surface area (Å²) in [5, 5.41) is 9.86. The van der Waals surface area contributed by atoms with E-state index in [9.17, 15) is 23.3 Å². The predicted octanol–water partition coefficient (Wildman–Crippen LogP) is 2.03. The Morgan fingerprint density at radius 1 is 1.17 bits per heavy atom. The second-order valence-corrected chi connectivity index (χ2v) is 10.2. The van der Waals surface area contributed by atoms with Crippen molar-refractivity contribution < 1.29 is 13.2 Å². The number of ether oxygens (including phenoxy) is 1. The number of benzene rings is 2. The van der Waals surface area contributed by atoms with Crippen molar-refractivity contribution in [1.82, 2.24) is 14.1 Å². The number of methoxy groups -OCH3 is 1. The quantitative estimate of drug-likeness (QED) is 0.401. The molecule has 2 aromatic heterocycles. The zero-order valence-electron chi connectivity index (χ0n) is 19.2. The molecule has 0 spiro atoms. The first-order valence-electron chi connectivity index (χ1n) is 10.5. The lowest BCUT2D eigenvalue weighted by atomic mass is 9.98. The van der Waals surface area contributed by atoms with Gasteiger partial charge in [-0.3, -0.25) is 13.9 Å². The maximum absolute atomic E-state index is 13.9. The number of pyridine rings is 1. The van der Waals surface area contributed by atoms with Crippen LogP contribution in [0.1, 0.15) is 11.1 Å². The third-order valence-corrected chi connectivity index (χ3v) is 7.35. The van der Waals surface area contributed by atoms with Crippen molar-refractivity contribution in [2.45, 2.75) is 11.4 Å². The van der Waals surface area contributed by atoms with Gasteiger partial charge in [-0.05, 0) is 17.7 Å². The van der Waals surface area contributed by atoms with Crippen LogP contribution in [0, 0.1) is 11.3 Å². The maximum Gasteiger partial charge on any atom is 0.332 e. The van der Waals surface area contributed by atoms with Crippen LogP contribution < -0.4 is 21.7 Å². The number of halogens is 1. The lowest BCUT2D eigenvalue weighted by molar-refractivity contribution is 0.386. The topological polar surface area (TPSA) is 150 Å². The minimum absolute atomic E-state index is 0.00777. The number of aromatic nitrogens is 3. The van der Waals surface area contributed by atoms with Crippen LogP contribution in [-0.4, -0.2) is 35.5 Å². The van der Waals surface area contributed by atoms with Crippen LogP contribution >= 0.6 is 11.6 Å². The Balaban J connectivity index is 2.29. The van der Waals surface area contributed by atoms with Crippen molar-refractivity contribution in [3.05, 3.63) is 85.5 Å². The highest BCUT2D eigenvalue weighted by molar-refractivity contribution is 7.91. The molecule has 12 heteroatoms. The van der Waals surface area contributed by atoms with Crippen molar-refractivity contribution in [2.24, 2.45) is 12.8 Å². The summed E-state index contributed by atoms with van der Waals surface area (Å²) in [5.74, 6) is -1.18. The van der Waals surface area contributed by atoms with Crippen LogP contribution in [0.15, 0.2) is 63.0 Å². The van der Waals surface area contributed by atoms with E-state index in [-0.39, 0.29) is 45.2 Å². The molecule has 0 unspecified atom stereocenters. The monoisotopic (exact) mass is 525 g/mol. The van der Waals surface area contributed by atoms with E-state index in [1.165, 1.54) is 32.4 Å². The van der Waals surface area contributed by atoms with Gasteiger partial charge in [0.2, 0.25) is 5.88 Å². The lowest BCUT2D eigenvalue weighted by Gasteiger charge is -2.19. The smallest absolute Gasteiger partial charge is 0.332 e. The first-order valence-corrected chi connectivity index (χ1v) is 12.6. The fourth-order valence-corrected chi connectivity index (χ4v) is 5.23. The van der Waals surface area contributed by atoms with Crippen molar-refractivity contribution in [3.63, 3.8) is 0 Å².